The van der Waals surface area contributed by atoms with Crippen molar-refractivity contribution in [1.82, 2.24) is 0 Å². The number of hydrogen-bond donors (Lipinski definition) is 0. The first-order chi connectivity index (χ1) is 8.66. The first-order valence-corrected chi connectivity index (χ1v) is 7.66. The van der Waals surface area contributed by atoms with E-state index in [1.165, 1.54) is 16.7 Å². The minimum absolute atomic E-state index is 0.589. The predicted molar refractivity (Wildman–Crippen MR) is 87.5 cm³/mol. The lowest BCUT2D eigenvalue weighted by Gasteiger charge is -2.19. The second kappa shape index (κ2) is 6.37. The van der Waals surface area contributed by atoms with E-state index in [0.29, 0.717) is 9.84 Å². The molecule has 0 saturated carbocycles. The maximum Gasteiger partial charge on any atom is 0.0216 e. The van der Waals surface area contributed by atoms with E-state index in [9.17, 15) is 0 Å². The van der Waals surface area contributed by atoms with Crippen LogP contribution in [0.5, 0.6) is 0 Å². The molecule has 0 aromatic heterocycles. The monoisotopic (exact) mass is 350 g/mol. The van der Waals surface area contributed by atoms with E-state index in [0.717, 1.165) is 6.42 Å². The third-order valence-corrected chi connectivity index (χ3v) is 4.94. The van der Waals surface area contributed by atoms with E-state index in [2.05, 4.69) is 91.0 Å². The van der Waals surface area contributed by atoms with Crippen LogP contribution in [0.25, 0.3) is 0 Å². The summed E-state index contributed by atoms with van der Waals surface area (Å²) in [5.74, 6) is 0.589. The van der Waals surface area contributed by atoms with Crippen LogP contribution in [0.15, 0.2) is 54.6 Å². The smallest absolute Gasteiger partial charge is 0.0216 e. The quantitative estimate of drug-likeness (QED) is 0.529. The molecule has 0 aliphatic heterocycles. The average molecular weight is 350 g/mol. The van der Waals surface area contributed by atoms with Crippen molar-refractivity contribution in [1.29, 1.82) is 0 Å². The minimum Gasteiger partial charge on any atom is -0.0816 e. The SMILES string of the molecule is Cc1ccc(C(C)C(I)Cc2ccccc2)cc1. The highest BCUT2D eigenvalue weighted by Gasteiger charge is 2.16. The topological polar surface area (TPSA) is 0 Å². The number of halogens is 1. The Balaban J connectivity index is 2.05. The standard InChI is InChI=1S/C17H19I/c1-13-8-10-16(11-9-13)14(2)17(18)12-15-6-4-3-5-7-15/h3-11,14,17H,12H2,1-2H3. The molecule has 0 nitrogen and oxygen atoms in total. The van der Waals surface area contributed by atoms with Gasteiger partial charge in [0.25, 0.3) is 0 Å². The number of rotatable bonds is 4. The largest absolute Gasteiger partial charge is 0.0816 e. The summed E-state index contributed by atoms with van der Waals surface area (Å²) in [4.78, 5) is 0. The van der Waals surface area contributed by atoms with Gasteiger partial charge >= 0.3 is 0 Å². The van der Waals surface area contributed by atoms with Gasteiger partial charge in [-0.1, -0.05) is 89.7 Å². The fraction of sp³-hybridized carbons (Fsp3) is 0.294. The van der Waals surface area contributed by atoms with Crippen LogP contribution in [0.1, 0.15) is 29.5 Å². The second-order valence-electron chi connectivity index (χ2n) is 4.91. The third kappa shape index (κ3) is 3.58. The molecule has 0 radical (unpaired) electrons. The molecule has 2 aromatic rings. The molecule has 0 heterocycles. The highest BCUT2D eigenvalue weighted by Crippen LogP contribution is 2.28. The molecule has 2 atom stereocenters. The molecule has 0 fully saturated rings. The van der Waals surface area contributed by atoms with Gasteiger partial charge in [0, 0.05) is 3.92 Å². The van der Waals surface area contributed by atoms with Crippen molar-refractivity contribution < 1.29 is 0 Å². The Bertz CT molecular complexity index is 473. The van der Waals surface area contributed by atoms with E-state index in [1.54, 1.807) is 0 Å². The molecule has 0 spiro atoms. The van der Waals surface area contributed by atoms with Crippen molar-refractivity contribution in [2.45, 2.75) is 30.1 Å². The summed E-state index contributed by atoms with van der Waals surface area (Å²) in [6.45, 7) is 4.46. The first-order valence-electron chi connectivity index (χ1n) is 6.41. The summed E-state index contributed by atoms with van der Waals surface area (Å²) in [6.07, 6.45) is 1.14. The third-order valence-electron chi connectivity index (χ3n) is 3.42. The Labute approximate surface area is 124 Å². The Morgan fingerprint density at radius 1 is 0.944 bits per heavy atom. The number of alkyl halides is 1. The lowest BCUT2D eigenvalue weighted by atomic mass is 9.93. The summed E-state index contributed by atoms with van der Waals surface area (Å²) < 4.78 is 0.632. The molecule has 0 aliphatic rings. The Kier molecular flexibility index (Phi) is 4.81. The van der Waals surface area contributed by atoms with E-state index in [1.807, 2.05) is 0 Å². The lowest BCUT2D eigenvalue weighted by molar-refractivity contribution is 0.720. The fourth-order valence-corrected chi connectivity index (χ4v) is 3.02. The maximum absolute atomic E-state index is 2.58. The van der Waals surface area contributed by atoms with Gasteiger partial charge in [-0.25, -0.2) is 0 Å². The van der Waals surface area contributed by atoms with Crippen molar-refractivity contribution in [3.05, 3.63) is 71.3 Å². The summed E-state index contributed by atoms with van der Waals surface area (Å²) in [7, 11) is 0. The average Bonchev–Trinajstić information content (AvgIpc) is 2.40. The molecule has 0 aliphatic carbocycles. The van der Waals surface area contributed by atoms with Crippen molar-refractivity contribution in [3.8, 4) is 0 Å². The van der Waals surface area contributed by atoms with Gasteiger partial charge in [-0.3, -0.25) is 0 Å². The number of aryl methyl sites for hydroxylation is 1. The van der Waals surface area contributed by atoms with Gasteiger partial charge in [0.2, 0.25) is 0 Å². The van der Waals surface area contributed by atoms with Crippen LogP contribution in [0.4, 0.5) is 0 Å². The summed E-state index contributed by atoms with van der Waals surface area (Å²) in [6, 6.07) is 19.7. The summed E-state index contributed by atoms with van der Waals surface area (Å²) in [5.41, 5.74) is 4.20. The van der Waals surface area contributed by atoms with Crippen LogP contribution in [-0.4, -0.2) is 3.92 Å². The van der Waals surface area contributed by atoms with Crippen LogP contribution in [-0.2, 0) is 6.42 Å². The zero-order valence-electron chi connectivity index (χ0n) is 10.9. The van der Waals surface area contributed by atoms with Crippen molar-refractivity contribution in [3.63, 3.8) is 0 Å². The fourth-order valence-electron chi connectivity index (χ4n) is 2.09. The molecule has 2 rings (SSSR count). The van der Waals surface area contributed by atoms with E-state index in [-0.39, 0.29) is 0 Å². The zero-order valence-corrected chi connectivity index (χ0v) is 13.1. The van der Waals surface area contributed by atoms with E-state index >= 15 is 0 Å². The molecule has 94 valence electrons. The highest BCUT2D eigenvalue weighted by atomic mass is 127. The van der Waals surface area contributed by atoms with Gasteiger partial charge < -0.3 is 0 Å². The maximum atomic E-state index is 2.58. The molecule has 0 amide bonds. The van der Waals surface area contributed by atoms with Crippen LogP contribution in [0, 0.1) is 6.92 Å². The van der Waals surface area contributed by atoms with Crippen molar-refractivity contribution in [2.75, 3.05) is 0 Å². The number of hydrogen-bond acceptors (Lipinski definition) is 0. The molecule has 0 N–H and O–H groups in total. The summed E-state index contributed by atoms with van der Waals surface area (Å²) in [5, 5.41) is 0. The molecule has 2 unspecified atom stereocenters. The van der Waals surface area contributed by atoms with Crippen molar-refractivity contribution in [2.24, 2.45) is 0 Å². The van der Waals surface area contributed by atoms with Gasteiger partial charge in [0.15, 0.2) is 0 Å². The van der Waals surface area contributed by atoms with Gasteiger partial charge in [-0.15, -0.1) is 0 Å². The Hall–Kier alpha value is -0.830. The normalized spacial score (nSPS) is 14.2. The minimum atomic E-state index is 0.589. The number of benzene rings is 2. The molecular weight excluding hydrogens is 331 g/mol. The zero-order chi connectivity index (χ0) is 13.0. The van der Waals surface area contributed by atoms with Gasteiger partial charge in [-0.2, -0.15) is 0 Å². The van der Waals surface area contributed by atoms with E-state index in [4.69, 9.17) is 0 Å². The van der Waals surface area contributed by atoms with Crippen LogP contribution in [0.2, 0.25) is 0 Å². The summed E-state index contributed by atoms with van der Waals surface area (Å²) >= 11 is 2.58. The van der Waals surface area contributed by atoms with E-state index < -0.39 is 0 Å². The van der Waals surface area contributed by atoms with Crippen LogP contribution in [0.3, 0.4) is 0 Å². The molecule has 0 bridgehead atoms. The second-order valence-corrected chi connectivity index (χ2v) is 6.51. The predicted octanol–water partition coefficient (Wildman–Crippen LogP) is 5.14. The Morgan fingerprint density at radius 3 is 2.17 bits per heavy atom. The first kappa shape index (κ1) is 13.6. The molecular formula is C17H19I. The van der Waals surface area contributed by atoms with Crippen LogP contribution >= 0.6 is 22.6 Å². The van der Waals surface area contributed by atoms with Crippen molar-refractivity contribution >= 4 is 22.6 Å². The molecule has 1 heteroatoms. The molecule has 2 aromatic carbocycles. The van der Waals surface area contributed by atoms with Gasteiger partial charge in [-0.05, 0) is 30.4 Å². The molecule has 0 saturated heterocycles. The van der Waals surface area contributed by atoms with Gasteiger partial charge in [0.05, 0.1) is 0 Å². The van der Waals surface area contributed by atoms with Crippen LogP contribution < -0.4 is 0 Å². The Morgan fingerprint density at radius 2 is 1.56 bits per heavy atom. The molecule has 18 heavy (non-hydrogen) atoms. The van der Waals surface area contributed by atoms with Gasteiger partial charge in [0.1, 0.15) is 0 Å². The highest BCUT2D eigenvalue weighted by molar-refractivity contribution is 14.1. The lowest BCUT2D eigenvalue weighted by Crippen LogP contribution is -2.12.